The van der Waals surface area contributed by atoms with Crippen LogP contribution in [0.15, 0.2) is 96.4 Å². The Morgan fingerprint density at radius 2 is 1.79 bits per heavy atom. The number of nitrogens with two attached hydrogens (primary N) is 2. The van der Waals surface area contributed by atoms with E-state index in [2.05, 4.69) is 28.4 Å². The number of carbonyl (C=O) groups is 1. The van der Waals surface area contributed by atoms with Crippen molar-refractivity contribution >= 4 is 16.7 Å². The molecule has 1 amide bonds. The van der Waals surface area contributed by atoms with Gasteiger partial charge in [0.05, 0.1) is 23.8 Å². The number of allylic oxidation sites excluding steroid dienone is 1. The summed E-state index contributed by atoms with van der Waals surface area (Å²) >= 11 is 0. The number of primary amides is 1. The van der Waals surface area contributed by atoms with Crippen LogP contribution in [0.3, 0.4) is 0 Å². The first-order valence-electron chi connectivity index (χ1n) is 13.4. The highest BCUT2D eigenvalue weighted by Gasteiger charge is 2.36. The Bertz CT molecular complexity index is 1890. The number of nitrogens with zero attached hydrogens (tertiary/aromatic N) is 2. The molecule has 1 atom stereocenters. The van der Waals surface area contributed by atoms with Crippen molar-refractivity contribution in [1.29, 1.82) is 5.26 Å². The highest BCUT2D eigenvalue weighted by Crippen LogP contribution is 2.47. The number of nitriles is 1. The van der Waals surface area contributed by atoms with Gasteiger partial charge in [0.15, 0.2) is 11.5 Å². The molecular formula is C33H27N5O4. The molecule has 1 aliphatic rings. The molecule has 0 radical (unpaired) electrons. The molecule has 42 heavy (non-hydrogen) atoms. The number of amides is 1. The second-order valence-corrected chi connectivity index (χ2v) is 9.79. The largest absolute Gasteiger partial charge is 0.490 e. The molecule has 0 aliphatic carbocycles. The van der Waals surface area contributed by atoms with Gasteiger partial charge in [0.25, 0.3) is 0 Å². The average Bonchev–Trinajstić information content (AvgIpc) is 3.43. The van der Waals surface area contributed by atoms with Gasteiger partial charge < -0.3 is 25.7 Å². The lowest BCUT2D eigenvalue weighted by molar-refractivity contribution is 0.1000. The number of benzene rings is 4. The highest BCUT2D eigenvalue weighted by molar-refractivity contribution is 5.92. The molecule has 0 fully saturated rings. The first-order chi connectivity index (χ1) is 20.5. The van der Waals surface area contributed by atoms with Gasteiger partial charge in [-0.25, -0.2) is 0 Å². The lowest BCUT2D eigenvalue weighted by atomic mass is 9.82. The smallest absolute Gasteiger partial charge is 0.248 e. The SMILES string of the molecule is CCOc1cc([C@@H]2C(C#N)=C(N)Oc3n[nH]c(-c4ccc5ccccc5c4)c32)ccc1OCc1ccc(C(N)=O)cc1. The summed E-state index contributed by atoms with van der Waals surface area (Å²) in [6, 6.07) is 28.9. The van der Waals surface area contributed by atoms with E-state index in [1.54, 1.807) is 24.3 Å². The maximum Gasteiger partial charge on any atom is 0.248 e. The van der Waals surface area contributed by atoms with Crippen LogP contribution in [-0.4, -0.2) is 22.7 Å². The second-order valence-electron chi connectivity index (χ2n) is 9.79. The van der Waals surface area contributed by atoms with Crippen LogP contribution in [0, 0.1) is 11.3 Å². The van der Waals surface area contributed by atoms with E-state index in [0.717, 1.165) is 33.2 Å². The number of rotatable bonds is 8. The molecule has 5 aromatic rings. The molecule has 0 unspecified atom stereocenters. The lowest BCUT2D eigenvalue weighted by Crippen LogP contribution is -2.21. The van der Waals surface area contributed by atoms with Gasteiger partial charge in [-0.3, -0.25) is 9.89 Å². The Morgan fingerprint density at radius 1 is 1.00 bits per heavy atom. The molecule has 4 aromatic carbocycles. The van der Waals surface area contributed by atoms with E-state index >= 15 is 0 Å². The number of aromatic amines is 1. The molecule has 5 N–H and O–H groups in total. The van der Waals surface area contributed by atoms with Crippen molar-refractivity contribution in [2.24, 2.45) is 11.5 Å². The summed E-state index contributed by atoms with van der Waals surface area (Å²) in [6.45, 7) is 2.55. The van der Waals surface area contributed by atoms with Crippen LogP contribution in [0.2, 0.25) is 0 Å². The lowest BCUT2D eigenvalue weighted by Gasteiger charge is -2.25. The molecule has 0 saturated carbocycles. The number of aromatic nitrogens is 2. The van der Waals surface area contributed by atoms with Gasteiger partial charge in [-0.1, -0.05) is 54.6 Å². The Labute approximate surface area is 241 Å². The normalized spacial score (nSPS) is 14.1. The Hall–Kier alpha value is -5.75. The van der Waals surface area contributed by atoms with Crippen LogP contribution in [-0.2, 0) is 6.61 Å². The predicted octanol–water partition coefficient (Wildman–Crippen LogP) is 5.52. The zero-order valence-corrected chi connectivity index (χ0v) is 22.8. The number of H-pyrrole nitrogens is 1. The van der Waals surface area contributed by atoms with E-state index in [1.807, 2.05) is 55.5 Å². The molecule has 0 spiro atoms. The minimum atomic E-state index is -0.562. The van der Waals surface area contributed by atoms with Crippen molar-refractivity contribution in [2.75, 3.05) is 6.61 Å². The van der Waals surface area contributed by atoms with Gasteiger partial charge >= 0.3 is 0 Å². The molecule has 2 heterocycles. The molecule has 6 rings (SSSR count). The van der Waals surface area contributed by atoms with E-state index in [0.29, 0.717) is 35.1 Å². The number of hydrogen-bond donors (Lipinski definition) is 3. The summed E-state index contributed by atoms with van der Waals surface area (Å²) < 4.78 is 17.9. The molecule has 1 aliphatic heterocycles. The van der Waals surface area contributed by atoms with Crippen LogP contribution in [0.5, 0.6) is 17.4 Å². The second kappa shape index (κ2) is 11.0. The van der Waals surface area contributed by atoms with E-state index in [4.69, 9.17) is 25.7 Å². The summed E-state index contributed by atoms with van der Waals surface area (Å²) in [5.41, 5.74) is 16.2. The van der Waals surface area contributed by atoms with Gasteiger partial charge in [0.2, 0.25) is 17.7 Å². The van der Waals surface area contributed by atoms with Crippen molar-refractivity contribution in [1.82, 2.24) is 10.2 Å². The minimum Gasteiger partial charge on any atom is -0.490 e. The third-order valence-electron chi connectivity index (χ3n) is 7.21. The summed E-state index contributed by atoms with van der Waals surface area (Å²) in [6.07, 6.45) is 0. The summed E-state index contributed by atoms with van der Waals surface area (Å²) in [4.78, 5) is 11.4. The third kappa shape index (κ3) is 4.86. The van der Waals surface area contributed by atoms with E-state index in [1.165, 1.54) is 0 Å². The maximum absolute atomic E-state index is 11.4. The first kappa shape index (κ1) is 26.5. The standard InChI is InChI=1S/C33H27N5O4/c1-2-40-27-16-23(13-14-26(27)41-18-19-7-9-21(10-8-19)31(35)39)28-25(17-34)32(36)42-33-29(28)30(37-38-33)24-12-11-20-5-3-4-6-22(20)15-24/h3-16,28H,2,18,36H2,1H3,(H2,35,39)(H,37,38)/t28-/m1/s1. The van der Waals surface area contributed by atoms with Crippen LogP contribution in [0.1, 0.15) is 39.9 Å². The fourth-order valence-corrected chi connectivity index (χ4v) is 5.16. The van der Waals surface area contributed by atoms with Gasteiger partial charge in [-0.15, -0.1) is 5.10 Å². The van der Waals surface area contributed by atoms with Crippen molar-refractivity contribution in [3.63, 3.8) is 0 Å². The summed E-state index contributed by atoms with van der Waals surface area (Å²) in [5.74, 6) is 0.323. The predicted molar refractivity (Wildman–Crippen MR) is 158 cm³/mol. The van der Waals surface area contributed by atoms with Crippen LogP contribution >= 0.6 is 0 Å². The van der Waals surface area contributed by atoms with Gasteiger partial charge in [0.1, 0.15) is 18.2 Å². The average molecular weight is 558 g/mol. The monoisotopic (exact) mass is 557 g/mol. The van der Waals surface area contributed by atoms with E-state index < -0.39 is 11.8 Å². The Morgan fingerprint density at radius 3 is 2.52 bits per heavy atom. The van der Waals surface area contributed by atoms with Crippen molar-refractivity contribution in [2.45, 2.75) is 19.4 Å². The van der Waals surface area contributed by atoms with Gasteiger partial charge in [-0.05, 0) is 59.2 Å². The highest BCUT2D eigenvalue weighted by atomic mass is 16.5. The molecule has 9 heteroatoms. The first-order valence-corrected chi connectivity index (χ1v) is 13.4. The summed E-state index contributed by atoms with van der Waals surface area (Å²) in [7, 11) is 0. The fraction of sp³-hybridized carbons (Fsp3) is 0.121. The molecule has 0 bridgehead atoms. The van der Waals surface area contributed by atoms with Gasteiger partial charge in [-0.2, -0.15) is 5.26 Å². The zero-order chi connectivity index (χ0) is 29.2. The van der Waals surface area contributed by atoms with Gasteiger partial charge in [0, 0.05) is 11.1 Å². The molecule has 9 nitrogen and oxygen atoms in total. The van der Waals surface area contributed by atoms with Crippen LogP contribution < -0.4 is 25.7 Å². The number of nitrogens with one attached hydrogen (secondary N) is 1. The molecule has 208 valence electrons. The summed E-state index contributed by atoms with van der Waals surface area (Å²) in [5, 5.41) is 19.9. The topological polar surface area (TPSA) is 149 Å². The van der Waals surface area contributed by atoms with Crippen LogP contribution in [0.4, 0.5) is 0 Å². The maximum atomic E-state index is 11.4. The van der Waals surface area contributed by atoms with E-state index in [-0.39, 0.29) is 18.1 Å². The quantitative estimate of drug-likeness (QED) is 0.227. The van der Waals surface area contributed by atoms with E-state index in [9.17, 15) is 10.1 Å². The molecular weight excluding hydrogens is 530 g/mol. The third-order valence-corrected chi connectivity index (χ3v) is 7.21. The Balaban J connectivity index is 1.38. The minimum absolute atomic E-state index is 0.00394. The fourth-order valence-electron chi connectivity index (χ4n) is 5.16. The van der Waals surface area contributed by atoms with Crippen molar-refractivity contribution in [3.8, 4) is 34.7 Å². The number of fused-ring (bicyclic) bond motifs is 2. The van der Waals surface area contributed by atoms with Crippen LogP contribution in [0.25, 0.3) is 22.0 Å². The van der Waals surface area contributed by atoms with Crippen molar-refractivity contribution < 1.29 is 19.0 Å². The molecule has 0 saturated heterocycles. The number of ether oxygens (including phenoxy) is 3. The number of hydrogen-bond acceptors (Lipinski definition) is 7. The zero-order valence-electron chi connectivity index (χ0n) is 22.8. The number of carbonyl (C=O) groups excluding carboxylic acids is 1. The molecule has 1 aromatic heterocycles. The van der Waals surface area contributed by atoms with Crippen molar-refractivity contribution in [3.05, 3.63) is 119 Å². The Kier molecular flexibility index (Phi) is 6.95.